The van der Waals surface area contributed by atoms with Crippen molar-refractivity contribution < 1.29 is 13.2 Å². The fourth-order valence-corrected chi connectivity index (χ4v) is 3.35. The highest BCUT2D eigenvalue weighted by Gasteiger charge is 2.39. The highest BCUT2D eigenvalue weighted by atomic mass is 19.4. The minimum atomic E-state index is -4.44. The van der Waals surface area contributed by atoms with Crippen LogP contribution in [0.4, 0.5) is 19.0 Å². The number of nitrogens with two attached hydrogens (primary N) is 1. The molecule has 2 N–H and O–H groups in total. The van der Waals surface area contributed by atoms with Crippen molar-refractivity contribution in [1.29, 1.82) is 0 Å². The highest BCUT2D eigenvalue weighted by molar-refractivity contribution is 5.39. The molecule has 0 spiro atoms. The Balaban J connectivity index is 1.74. The molecule has 1 aliphatic heterocycles. The zero-order valence-corrected chi connectivity index (χ0v) is 11.0. The molecule has 1 aliphatic carbocycles. The van der Waals surface area contributed by atoms with E-state index in [9.17, 15) is 13.2 Å². The summed E-state index contributed by atoms with van der Waals surface area (Å²) < 4.78 is 37.4. The van der Waals surface area contributed by atoms with Crippen LogP contribution >= 0.6 is 0 Å². The van der Waals surface area contributed by atoms with Crippen molar-refractivity contribution in [3.8, 4) is 0 Å². The molecule has 1 aromatic rings. The van der Waals surface area contributed by atoms with Crippen molar-refractivity contribution in [1.82, 2.24) is 10.2 Å². The summed E-state index contributed by atoms with van der Waals surface area (Å²) in [6, 6.07) is 2.59. The third-order valence-corrected chi connectivity index (χ3v) is 4.42. The fourth-order valence-electron chi connectivity index (χ4n) is 3.35. The lowest BCUT2D eigenvalue weighted by Gasteiger charge is -2.29. The van der Waals surface area contributed by atoms with Gasteiger partial charge in [0.2, 0.25) is 0 Å². The van der Waals surface area contributed by atoms with Crippen molar-refractivity contribution in [3.63, 3.8) is 0 Å². The van der Waals surface area contributed by atoms with Gasteiger partial charge >= 0.3 is 6.18 Å². The van der Waals surface area contributed by atoms with Crippen molar-refractivity contribution in [2.45, 2.75) is 31.5 Å². The molecule has 3 unspecified atom stereocenters. The summed E-state index contributed by atoms with van der Waals surface area (Å²) in [5.41, 5.74) is 5.18. The number of hydrogen-bond acceptors (Lipinski definition) is 4. The zero-order chi connectivity index (χ0) is 14.3. The van der Waals surface area contributed by atoms with Gasteiger partial charge in [0.05, 0.1) is 0 Å². The van der Waals surface area contributed by atoms with Crippen LogP contribution in [0.5, 0.6) is 0 Å². The first-order chi connectivity index (χ1) is 9.45. The molecule has 20 heavy (non-hydrogen) atoms. The molecule has 3 atom stereocenters. The Kier molecular flexibility index (Phi) is 3.32. The van der Waals surface area contributed by atoms with Crippen LogP contribution in [0.3, 0.4) is 0 Å². The standard InChI is InChI=1S/C13H17F3N4/c14-13(15,16)11-4-5-12(19-18-11)20-6-8-2-1-3-10(17)9(8)7-20/h4-5,8-10H,1-3,6-7,17H2. The smallest absolute Gasteiger partial charge is 0.354 e. The molecule has 0 bridgehead atoms. The molecule has 2 heterocycles. The lowest BCUT2D eigenvalue weighted by atomic mass is 9.78. The number of fused-ring (bicyclic) bond motifs is 1. The molecule has 7 heteroatoms. The minimum Gasteiger partial charge on any atom is -0.354 e. The summed E-state index contributed by atoms with van der Waals surface area (Å²) in [5, 5.41) is 7.01. The second-order valence-corrected chi connectivity index (χ2v) is 5.70. The summed E-state index contributed by atoms with van der Waals surface area (Å²) in [4.78, 5) is 2.01. The molecule has 2 fully saturated rings. The number of nitrogens with zero attached hydrogens (tertiary/aromatic N) is 3. The van der Waals surface area contributed by atoms with Crippen LogP contribution < -0.4 is 10.6 Å². The van der Waals surface area contributed by atoms with Crippen molar-refractivity contribution in [3.05, 3.63) is 17.8 Å². The van der Waals surface area contributed by atoms with Crippen LogP contribution in [0.2, 0.25) is 0 Å². The molecule has 4 nitrogen and oxygen atoms in total. The van der Waals surface area contributed by atoms with Gasteiger partial charge in [0, 0.05) is 19.1 Å². The second kappa shape index (κ2) is 4.87. The van der Waals surface area contributed by atoms with Gasteiger partial charge in [-0.05, 0) is 36.8 Å². The zero-order valence-electron chi connectivity index (χ0n) is 11.0. The van der Waals surface area contributed by atoms with Gasteiger partial charge < -0.3 is 10.6 Å². The van der Waals surface area contributed by atoms with Crippen LogP contribution in [-0.4, -0.2) is 29.3 Å². The van der Waals surface area contributed by atoms with E-state index in [-0.39, 0.29) is 6.04 Å². The Morgan fingerprint density at radius 1 is 1.15 bits per heavy atom. The molecule has 0 amide bonds. The van der Waals surface area contributed by atoms with Gasteiger partial charge in [0.25, 0.3) is 0 Å². The Hall–Kier alpha value is -1.37. The second-order valence-electron chi connectivity index (χ2n) is 5.70. The number of hydrogen-bond donors (Lipinski definition) is 1. The Labute approximate surface area is 115 Å². The number of rotatable bonds is 1. The van der Waals surface area contributed by atoms with Crippen LogP contribution in [0.1, 0.15) is 25.0 Å². The maximum absolute atomic E-state index is 12.5. The van der Waals surface area contributed by atoms with Crippen LogP contribution in [0.25, 0.3) is 0 Å². The third kappa shape index (κ3) is 2.46. The van der Waals surface area contributed by atoms with Gasteiger partial charge in [-0.2, -0.15) is 13.2 Å². The Morgan fingerprint density at radius 2 is 1.95 bits per heavy atom. The van der Waals surface area contributed by atoms with Crippen molar-refractivity contribution >= 4 is 5.82 Å². The molecular formula is C13H17F3N4. The maximum Gasteiger partial charge on any atom is 0.435 e. The first-order valence-electron chi connectivity index (χ1n) is 6.86. The first-order valence-corrected chi connectivity index (χ1v) is 6.86. The molecule has 1 saturated carbocycles. The van der Waals surface area contributed by atoms with Crippen LogP contribution in [0, 0.1) is 11.8 Å². The molecule has 0 radical (unpaired) electrons. The fraction of sp³-hybridized carbons (Fsp3) is 0.692. The summed E-state index contributed by atoms with van der Waals surface area (Å²) in [6.45, 7) is 1.59. The molecule has 1 aromatic heterocycles. The lowest BCUT2D eigenvalue weighted by Crippen LogP contribution is -2.38. The van der Waals surface area contributed by atoms with Gasteiger partial charge in [-0.3, -0.25) is 0 Å². The number of halogens is 3. The lowest BCUT2D eigenvalue weighted by molar-refractivity contribution is -0.141. The summed E-state index contributed by atoms with van der Waals surface area (Å²) in [5.74, 6) is 1.47. The van der Waals surface area contributed by atoms with Gasteiger partial charge in [0.15, 0.2) is 11.5 Å². The Morgan fingerprint density at radius 3 is 2.55 bits per heavy atom. The summed E-state index contributed by atoms with van der Waals surface area (Å²) in [6.07, 6.45) is -1.13. The predicted molar refractivity (Wildman–Crippen MR) is 68.1 cm³/mol. The van der Waals surface area contributed by atoms with E-state index in [1.807, 2.05) is 4.90 Å². The summed E-state index contributed by atoms with van der Waals surface area (Å²) >= 11 is 0. The van der Waals surface area contributed by atoms with E-state index < -0.39 is 11.9 Å². The first kappa shape index (κ1) is 13.6. The van der Waals surface area contributed by atoms with Crippen LogP contribution in [0.15, 0.2) is 12.1 Å². The predicted octanol–water partition coefficient (Wildman–Crippen LogP) is 2.06. The van der Waals surface area contributed by atoms with Gasteiger partial charge in [-0.25, -0.2) is 0 Å². The van der Waals surface area contributed by atoms with Crippen molar-refractivity contribution in [2.75, 3.05) is 18.0 Å². The van der Waals surface area contributed by atoms with E-state index in [0.717, 1.165) is 38.4 Å². The van der Waals surface area contributed by atoms with Gasteiger partial charge in [-0.15, -0.1) is 10.2 Å². The molecule has 2 aliphatic rings. The van der Waals surface area contributed by atoms with Gasteiger partial charge in [-0.1, -0.05) is 6.42 Å². The SMILES string of the molecule is NC1CCCC2CN(c3ccc(C(F)(F)F)nn3)CC12. The van der Waals surface area contributed by atoms with Crippen molar-refractivity contribution in [2.24, 2.45) is 17.6 Å². The van der Waals surface area contributed by atoms with Gasteiger partial charge in [0.1, 0.15) is 0 Å². The summed E-state index contributed by atoms with van der Waals surface area (Å²) in [7, 11) is 0. The van der Waals surface area contributed by atoms with E-state index in [0.29, 0.717) is 17.7 Å². The molecule has 0 aromatic carbocycles. The molecular weight excluding hydrogens is 269 g/mol. The number of alkyl halides is 3. The average molecular weight is 286 g/mol. The highest BCUT2D eigenvalue weighted by Crippen LogP contribution is 2.37. The van der Waals surface area contributed by atoms with E-state index in [1.165, 1.54) is 6.07 Å². The average Bonchev–Trinajstić information content (AvgIpc) is 2.83. The monoisotopic (exact) mass is 286 g/mol. The molecule has 3 rings (SSSR count). The third-order valence-electron chi connectivity index (χ3n) is 4.42. The maximum atomic E-state index is 12.5. The molecule has 1 saturated heterocycles. The normalized spacial score (nSPS) is 30.4. The number of aromatic nitrogens is 2. The van der Waals surface area contributed by atoms with E-state index in [2.05, 4.69) is 10.2 Å². The van der Waals surface area contributed by atoms with E-state index in [1.54, 1.807) is 0 Å². The largest absolute Gasteiger partial charge is 0.435 e. The minimum absolute atomic E-state index is 0.196. The Bertz CT molecular complexity index is 473. The van der Waals surface area contributed by atoms with Crippen LogP contribution in [-0.2, 0) is 6.18 Å². The number of anilines is 1. The van der Waals surface area contributed by atoms with E-state index >= 15 is 0 Å². The van der Waals surface area contributed by atoms with E-state index in [4.69, 9.17) is 5.73 Å². The topological polar surface area (TPSA) is 55.0 Å². The quantitative estimate of drug-likeness (QED) is 0.858. The molecule has 110 valence electrons.